The minimum absolute atomic E-state index is 0.159. The van der Waals surface area contributed by atoms with Gasteiger partial charge in [0.05, 0.1) is 10.7 Å². The van der Waals surface area contributed by atoms with Crippen molar-refractivity contribution in [3.05, 3.63) is 86.3 Å². The van der Waals surface area contributed by atoms with Crippen LogP contribution >= 0.6 is 43.5 Å². The molecule has 0 aromatic heterocycles. The van der Waals surface area contributed by atoms with E-state index < -0.39 is 5.67 Å². The summed E-state index contributed by atoms with van der Waals surface area (Å²) in [5.41, 5.74) is 0.127. The molecule has 3 rings (SSSR count). The number of carbonyl (C=O) groups is 1. The van der Waals surface area contributed by atoms with E-state index >= 15 is 0 Å². The normalized spacial score (nSPS) is 22.1. The van der Waals surface area contributed by atoms with Crippen LogP contribution < -0.4 is 5.32 Å². The Morgan fingerprint density at radius 1 is 1.19 bits per heavy atom. The average Bonchev–Trinajstić information content (AvgIpc) is 3.28. The highest BCUT2D eigenvalue weighted by Crippen LogP contribution is 2.56. The summed E-state index contributed by atoms with van der Waals surface area (Å²) in [6, 6.07) is 12.7. The van der Waals surface area contributed by atoms with E-state index in [-0.39, 0.29) is 11.8 Å². The van der Waals surface area contributed by atoms with E-state index in [1.807, 2.05) is 18.2 Å². The molecule has 2 aromatic rings. The number of hydrogen-bond donors (Lipinski definition) is 1. The van der Waals surface area contributed by atoms with Gasteiger partial charge in [-0.3, -0.25) is 4.79 Å². The molecule has 0 aliphatic heterocycles. The van der Waals surface area contributed by atoms with E-state index in [1.165, 1.54) is 18.2 Å². The quantitative estimate of drug-likeness (QED) is 0.355. The molecular formula is C20H15Br2ClFNO. The molecular weight excluding hydrogens is 484 g/mol. The SMILES string of the molecule is O=C(/C=C/C=C/C1(F)CC1c1ccc(Br)c(Br)c1)Nc1ccccc1Cl. The van der Waals surface area contributed by atoms with Gasteiger partial charge in [-0.25, -0.2) is 4.39 Å². The minimum Gasteiger partial charge on any atom is -0.321 e. The first-order valence-corrected chi connectivity index (χ1v) is 9.91. The number of alkyl halides is 1. The lowest BCUT2D eigenvalue weighted by Gasteiger charge is -2.04. The zero-order valence-corrected chi connectivity index (χ0v) is 17.5. The van der Waals surface area contributed by atoms with E-state index in [9.17, 15) is 9.18 Å². The van der Waals surface area contributed by atoms with Crippen LogP contribution in [0.15, 0.2) is 75.7 Å². The Morgan fingerprint density at radius 3 is 2.69 bits per heavy atom. The molecule has 26 heavy (non-hydrogen) atoms. The van der Waals surface area contributed by atoms with Crippen LogP contribution in [0.3, 0.4) is 0 Å². The summed E-state index contributed by atoms with van der Waals surface area (Å²) in [7, 11) is 0. The molecule has 6 heteroatoms. The molecule has 1 saturated carbocycles. The monoisotopic (exact) mass is 497 g/mol. The van der Waals surface area contributed by atoms with Gasteiger partial charge in [0.25, 0.3) is 0 Å². The fourth-order valence-electron chi connectivity index (χ4n) is 2.66. The third-order valence-electron chi connectivity index (χ3n) is 4.15. The maximum Gasteiger partial charge on any atom is 0.248 e. The second-order valence-corrected chi connectivity index (χ2v) is 8.16. The van der Waals surface area contributed by atoms with Gasteiger partial charge in [-0.15, -0.1) is 0 Å². The summed E-state index contributed by atoms with van der Waals surface area (Å²) in [6.45, 7) is 0. The summed E-state index contributed by atoms with van der Waals surface area (Å²) >= 11 is 12.8. The first kappa shape index (κ1) is 19.3. The van der Waals surface area contributed by atoms with Gasteiger partial charge < -0.3 is 5.32 Å². The second-order valence-electron chi connectivity index (χ2n) is 6.04. The van der Waals surface area contributed by atoms with Gasteiger partial charge in [0.2, 0.25) is 5.91 Å². The number of halogens is 4. The van der Waals surface area contributed by atoms with Crippen molar-refractivity contribution in [3.8, 4) is 0 Å². The van der Waals surface area contributed by atoms with Crippen molar-refractivity contribution in [2.75, 3.05) is 5.32 Å². The van der Waals surface area contributed by atoms with Crippen molar-refractivity contribution in [1.29, 1.82) is 0 Å². The second kappa shape index (κ2) is 8.07. The topological polar surface area (TPSA) is 29.1 Å². The first-order chi connectivity index (χ1) is 12.4. The van der Waals surface area contributed by atoms with Crippen LogP contribution in [0.1, 0.15) is 17.9 Å². The Kier molecular flexibility index (Phi) is 6.00. The van der Waals surface area contributed by atoms with Crippen LogP contribution in [0.2, 0.25) is 5.02 Å². The summed E-state index contributed by atoms with van der Waals surface area (Å²) in [5.74, 6) is -0.478. The number of hydrogen-bond acceptors (Lipinski definition) is 1. The van der Waals surface area contributed by atoms with Crippen molar-refractivity contribution in [3.63, 3.8) is 0 Å². The largest absolute Gasteiger partial charge is 0.321 e. The van der Waals surface area contributed by atoms with Crippen LogP contribution in [0.5, 0.6) is 0 Å². The van der Waals surface area contributed by atoms with E-state index in [2.05, 4.69) is 37.2 Å². The molecule has 1 fully saturated rings. The Labute approximate surface area is 173 Å². The lowest BCUT2D eigenvalue weighted by atomic mass is 10.1. The van der Waals surface area contributed by atoms with Gasteiger partial charge >= 0.3 is 0 Å². The Hall–Kier alpha value is -1.43. The molecule has 2 atom stereocenters. The smallest absolute Gasteiger partial charge is 0.248 e. The molecule has 2 nitrogen and oxygen atoms in total. The number of nitrogens with one attached hydrogen (secondary N) is 1. The molecule has 2 aromatic carbocycles. The third kappa shape index (κ3) is 4.64. The predicted octanol–water partition coefficient (Wildman–Crippen LogP) is 6.81. The summed E-state index contributed by atoms with van der Waals surface area (Å²) in [6.07, 6.45) is 6.39. The molecule has 0 spiro atoms. The number of para-hydroxylation sites is 1. The molecule has 1 N–H and O–H groups in total. The third-order valence-corrected chi connectivity index (χ3v) is 6.36. The van der Waals surface area contributed by atoms with Crippen LogP contribution in [0, 0.1) is 0 Å². The zero-order chi connectivity index (χ0) is 18.7. The maximum absolute atomic E-state index is 14.7. The number of anilines is 1. The van der Waals surface area contributed by atoms with E-state index in [0.717, 1.165) is 14.5 Å². The molecule has 1 aliphatic rings. The Bertz CT molecular complexity index is 899. The van der Waals surface area contributed by atoms with Crippen molar-refractivity contribution in [1.82, 2.24) is 0 Å². The molecule has 0 heterocycles. The lowest BCUT2D eigenvalue weighted by Crippen LogP contribution is -2.07. The van der Waals surface area contributed by atoms with Crippen LogP contribution in [0.25, 0.3) is 0 Å². The summed E-state index contributed by atoms with van der Waals surface area (Å²) in [5, 5.41) is 3.14. The fraction of sp³-hybridized carbons (Fsp3) is 0.150. The van der Waals surface area contributed by atoms with Gasteiger partial charge in [0.15, 0.2) is 0 Å². The van der Waals surface area contributed by atoms with Crippen LogP contribution in [0.4, 0.5) is 10.1 Å². The number of allylic oxidation sites excluding steroid dienone is 3. The van der Waals surface area contributed by atoms with E-state index in [0.29, 0.717) is 17.1 Å². The van der Waals surface area contributed by atoms with E-state index in [4.69, 9.17) is 11.6 Å². The average molecular weight is 500 g/mol. The summed E-state index contributed by atoms with van der Waals surface area (Å²) < 4.78 is 16.6. The highest BCUT2D eigenvalue weighted by molar-refractivity contribution is 9.13. The van der Waals surface area contributed by atoms with Gasteiger partial charge in [0, 0.05) is 20.9 Å². The summed E-state index contributed by atoms with van der Waals surface area (Å²) in [4.78, 5) is 11.9. The predicted molar refractivity (Wildman–Crippen MR) is 111 cm³/mol. The molecule has 0 radical (unpaired) electrons. The van der Waals surface area contributed by atoms with E-state index in [1.54, 1.807) is 30.3 Å². The van der Waals surface area contributed by atoms with Gasteiger partial charge in [-0.2, -0.15) is 0 Å². The molecule has 134 valence electrons. The number of rotatable bonds is 5. The number of benzene rings is 2. The molecule has 1 amide bonds. The fourth-order valence-corrected chi connectivity index (χ4v) is 3.48. The molecule has 2 unspecified atom stereocenters. The first-order valence-electron chi connectivity index (χ1n) is 7.94. The highest BCUT2D eigenvalue weighted by atomic mass is 79.9. The van der Waals surface area contributed by atoms with Crippen molar-refractivity contribution in [2.24, 2.45) is 0 Å². The van der Waals surface area contributed by atoms with Gasteiger partial charge in [0.1, 0.15) is 5.67 Å². The molecule has 0 saturated heterocycles. The molecule has 0 bridgehead atoms. The Morgan fingerprint density at radius 2 is 1.96 bits per heavy atom. The highest BCUT2D eigenvalue weighted by Gasteiger charge is 2.54. The van der Waals surface area contributed by atoms with Gasteiger partial charge in [-0.05, 0) is 74.2 Å². The van der Waals surface area contributed by atoms with Crippen molar-refractivity contribution in [2.45, 2.75) is 18.0 Å². The van der Waals surface area contributed by atoms with Crippen LogP contribution in [-0.2, 0) is 4.79 Å². The van der Waals surface area contributed by atoms with Crippen molar-refractivity contribution < 1.29 is 9.18 Å². The number of carbonyl (C=O) groups excluding carboxylic acids is 1. The molecule has 1 aliphatic carbocycles. The van der Waals surface area contributed by atoms with Gasteiger partial charge in [-0.1, -0.05) is 42.0 Å². The van der Waals surface area contributed by atoms with Crippen LogP contribution in [-0.4, -0.2) is 11.6 Å². The standard InChI is InChI=1S/C20H15Br2ClFNO/c21-15-9-8-13(11-16(15)22)14-12-20(14,24)10-4-3-7-19(26)25-18-6-2-1-5-17(18)23/h1-11,14H,12H2,(H,25,26)/b7-3+,10-4+. The zero-order valence-electron chi connectivity index (χ0n) is 13.6. The number of amides is 1. The lowest BCUT2D eigenvalue weighted by molar-refractivity contribution is -0.111. The van der Waals surface area contributed by atoms with Crippen molar-refractivity contribution >= 4 is 55.1 Å². The minimum atomic E-state index is -1.36. The maximum atomic E-state index is 14.7. The Balaban J connectivity index is 1.57.